The van der Waals surface area contributed by atoms with E-state index in [0.717, 1.165) is 51.7 Å². The van der Waals surface area contributed by atoms with E-state index >= 15 is 0 Å². The molecule has 148 valence electrons. The summed E-state index contributed by atoms with van der Waals surface area (Å²) in [7, 11) is 0. The van der Waals surface area contributed by atoms with Crippen LogP contribution in [0.4, 0.5) is 10.1 Å². The third kappa shape index (κ3) is 5.65. The summed E-state index contributed by atoms with van der Waals surface area (Å²) in [6.07, 6.45) is 8.77. The molecule has 0 atom stereocenters. The van der Waals surface area contributed by atoms with Crippen LogP contribution in [0, 0.1) is 11.7 Å². The molecule has 1 N–H and O–H groups in total. The van der Waals surface area contributed by atoms with Gasteiger partial charge in [-0.15, -0.1) is 0 Å². The van der Waals surface area contributed by atoms with Crippen molar-refractivity contribution in [3.05, 3.63) is 24.3 Å². The van der Waals surface area contributed by atoms with Gasteiger partial charge in [0, 0.05) is 51.8 Å². The molecule has 3 rings (SSSR count). The number of likely N-dealkylation sites (tertiary alicyclic amines) is 1. The predicted molar refractivity (Wildman–Crippen MR) is 102 cm³/mol. The third-order valence-corrected chi connectivity index (χ3v) is 5.57. The Balaban J connectivity index is 1.35. The van der Waals surface area contributed by atoms with Gasteiger partial charge in [-0.05, 0) is 37.7 Å². The molecule has 1 aromatic rings. The minimum Gasteiger partial charge on any atom is -0.369 e. The Morgan fingerprint density at radius 2 is 2.04 bits per heavy atom. The second kappa shape index (κ2) is 9.67. The maximum atomic E-state index is 13.8. The molecule has 2 saturated heterocycles. The van der Waals surface area contributed by atoms with Gasteiger partial charge in [-0.1, -0.05) is 6.42 Å². The first-order valence-electron chi connectivity index (χ1n) is 10.0. The zero-order valence-corrected chi connectivity index (χ0v) is 15.8. The highest BCUT2D eigenvalue weighted by molar-refractivity contribution is 5.79. The van der Waals surface area contributed by atoms with Crippen LogP contribution in [-0.2, 0) is 9.59 Å². The molecule has 6 nitrogen and oxygen atoms in total. The lowest BCUT2D eigenvalue weighted by atomic mass is 9.96. The number of hydrogen-bond acceptors (Lipinski definition) is 4. The number of hydrogen-bond donors (Lipinski definition) is 1. The van der Waals surface area contributed by atoms with Gasteiger partial charge < -0.3 is 15.1 Å². The number of nitrogens with zero attached hydrogens (tertiary/aromatic N) is 3. The Morgan fingerprint density at radius 1 is 1.22 bits per heavy atom. The van der Waals surface area contributed by atoms with Gasteiger partial charge in [-0.25, -0.2) is 4.39 Å². The van der Waals surface area contributed by atoms with Crippen molar-refractivity contribution in [2.45, 2.75) is 44.9 Å². The summed E-state index contributed by atoms with van der Waals surface area (Å²) < 4.78 is 13.8. The molecule has 0 spiro atoms. The highest BCUT2D eigenvalue weighted by atomic mass is 19.1. The molecule has 3 heterocycles. The lowest BCUT2D eigenvalue weighted by Gasteiger charge is -2.33. The first-order chi connectivity index (χ1) is 13.1. The first-order valence-corrected chi connectivity index (χ1v) is 10.0. The van der Waals surface area contributed by atoms with Gasteiger partial charge in [-0.3, -0.25) is 14.6 Å². The van der Waals surface area contributed by atoms with Crippen molar-refractivity contribution in [3.8, 4) is 0 Å². The molecule has 2 aliphatic rings. The van der Waals surface area contributed by atoms with Crippen LogP contribution < -0.4 is 10.2 Å². The van der Waals surface area contributed by atoms with Crippen LogP contribution in [0.1, 0.15) is 44.9 Å². The second-order valence-electron chi connectivity index (χ2n) is 7.50. The molecular formula is C20H29FN4O2. The number of halogens is 1. The Labute approximate surface area is 160 Å². The fourth-order valence-corrected chi connectivity index (χ4v) is 3.86. The predicted octanol–water partition coefficient (Wildman–Crippen LogP) is 2.35. The molecule has 0 radical (unpaired) electrons. The highest BCUT2D eigenvalue weighted by Gasteiger charge is 2.22. The molecule has 27 heavy (non-hydrogen) atoms. The quantitative estimate of drug-likeness (QED) is 0.828. The van der Waals surface area contributed by atoms with Gasteiger partial charge in [0.25, 0.3) is 0 Å². The van der Waals surface area contributed by atoms with E-state index in [1.165, 1.54) is 6.20 Å². The molecule has 0 saturated carbocycles. The number of pyridine rings is 1. The summed E-state index contributed by atoms with van der Waals surface area (Å²) >= 11 is 0. The number of carbonyl (C=O) groups is 2. The number of anilines is 1. The van der Waals surface area contributed by atoms with E-state index in [2.05, 4.69) is 10.3 Å². The van der Waals surface area contributed by atoms with E-state index < -0.39 is 0 Å². The van der Waals surface area contributed by atoms with Crippen LogP contribution in [0.15, 0.2) is 18.5 Å². The van der Waals surface area contributed by atoms with Crippen LogP contribution in [0.25, 0.3) is 0 Å². The van der Waals surface area contributed by atoms with Gasteiger partial charge in [-0.2, -0.15) is 0 Å². The summed E-state index contributed by atoms with van der Waals surface area (Å²) in [5.74, 6) is 0.313. The van der Waals surface area contributed by atoms with Crippen molar-refractivity contribution in [1.82, 2.24) is 15.2 Å². The van der Waals surface area contributed by atoms with Gasteiger partial charge in [0.15, 0.2) is 5.82 Å². The van der Waals surface area contributed by atoms with Crippen molar-refractivity contribution >= 4 is 17.5 Å². The summed E-state index contributed by atoms with van der Waals surface area (Å²) in [5, 5.41) is 3.01. The van der Waals surface area contributed by atoms with Crippen molar-refractivity contribution in [3.63, 3.8) is 0 Å². The third-order valence-electron chi connectivity index (χ3n) is 5.57. The number of piperidine rings is 1. The van der Waals surface area contributed by atoms with E-state index in [1.807, 2.05) is 9.80 Å². The van der Waals surface area contributed by atoms with Crippen molar-refractivity contribution in [1.29, 1.82) is 0 Å². The monoisotopic (exact) mass is 376 g/mol. The SMILES string of the molecule is O=C(CCN1CCCCCC1=O)NCC1CCN(c2ccncc2F)CC1. The molecule has 2 amide bonds. The Hall–Kier alpha value is -2.18. The Bertz CT molecular complexity index is 647. The first kappa shape index (κ1) is 19.6. The maximum Gasteiger partial charge on any atom is 0.222 e. The van der Waals surface area contributed by atoms with E-state index in [4.69, 9.17) is 0 Å². The number of nitrogens with one attached hydrogen (secondary N) is 1. The van der Waals surface area contributed by atoms with Crippen LogP contribution in [0.2, 0.25) is 0 Å². The summed E-state index contributed by atoms with van der Waals surface area (Å²) in [6.45, 7) is 3.51. The average molecular weight is 376 g/mol. The molecule has 0 unspecified atom stereocenters. The molecule has 0 aliphatic carbocycles. The van der Waals surface area contributed by atoms with Crippen LogP contribution in [0.5, 0.6) is 0 Å². The Kier molecular flexibility index (Phi) is 7.01. The molecule has 0 aromatic carbocycles. The van der Waals surface area contributed by atoms with Crippen molar-refractivity contribution < 1.29 is 14.0 Å². The van der Waals surface area contributed by atoms with E-state index in [-0.39, 0.29) is 17.6 Å². The zero-order valence-electron chi connectivity index (χ0n) is 15.8. The molecular weight excluding hydrogens is 347 g/mol. The number of carbonyl (C=O) groups excluding carboxylic acids is 2. The molecule has 1 aromatic heterocycles. The van der Waals surface area contributed by atoms with E-state index in [1.54, 1.807) is 12.3 Å². The van der Waals surface area contributed by atoms with E-state index in [9.17, 15) is 14.0 Å². The lowest BCUT2D eigenvalue weighted by Crippen LogP contribution is -2.40. The molecule has 2 aliphatic heterocycles. The summed E-state index contributed by atoms with van der Waals surface area (Å²) in [4.78, 5) is 31.8. The van der Waals surface area contributed by atoms with Gasteiger partial charge in [0.2, 0.25) is 11.8 Å². The number of rotatable bonds is 6. The fraction of sp³-hybridized carbons (Fsp3) is 0.650. The van der Waals surface area contributed by atoms with Gasteiger partial charge in [0.1, 0.15) is 0 Å². The highest BCUT2D eigenvalue weighted by Crippen LogP contribution is 2.24. The second-order valence-corrected chi connectivity index (χ2v) is 7.50. The molecule has 0 bridgehead atoms. The van der Waals surface area contributed by atoms with Gasteiger partial charge in [0.05, 0.1) is 11.9 Å². The largest absolute Gasteiger partial charge is 0.369 e. The summed E-state index contributed by atoms with van der Waals surface area (Å²) in [5.41, 5.74) is 0.606. The maximum absolute atomic E-state index is 13.8. The van der Waals surface area contributed by atoms with Crippen LogP contribution in [0.3, 0.4) is 0 Å². The van der Waals surface area contributed by atoms with Crippen molar-refractivity contribution in [2.75, 3.05) is 37.6 Å². The molecule has 2 fully saturated rings. The molecule has 7 heteroatoms. The average Bonchev–Trinajstić information content (AvgIpc) is 2.89. The summed E-state index contributed by atoms with van der Waals surface area (Å²) in [6, 6.07) is 1.71. The minimum absolute atomic E-state index is 0.00894. The van der Waals surface area contributed by atoms with Gasteiger partial charge >= 0.3 is 0 Å². The normalized spacial score (nSPS) is 19.1. The topological polar surface area (TPSA) is 65.5 Å². The minimum atomic E-state index is -0.285. The number of amides is 2. The fourth-order valence-electron chi connectivity index (χ4n) is 3.86. The van der Waals surface area contributed by atoms with Crippen LogP contribution in [-0.4, -0.2) is 54.4 Å². The lowest BCUT2D eigenvalue weighted by molar-refractivity contribution is -0.131. The smallest absolute Gasteiger partial charge is 0.222 e. The zero-order chi connectivity index (χ0) is 19.1. The standard InChI is InChI=1S/C20H29FN4O2/c21-17-15-22-9-5-18(17)24-11-6-16(7-12-24)14-23-19(26)8-13-25-10-3-1-2-4-20(25)27/h5,9,15-16H,1-4,6-8,10-14H2,(H,23,26). The van der Waals surface area contributed by atoms with E-state index in [0.29, 0.717) is 37.5 Å². The van der Waals surface area contributed by atoms with Crippen LogP contribution >= 0.6 is 0 Å². The van der Waals surface area contributed by atoms with Crippen molar-refractivity contribution in [2.24, 2.45) is 5.92 Å². The number of aromatic nitrogens is 1. The Morgan fingerprint density at radius 3 is 2.81 bits per heavy atom.